The first kappa shape index (κ1) is 29.8. The molecule has 0 aliphatic heterocycles. The number of ketones is 1. The summed E-state index contributed by atoms with van der Waals surface area (Å²) >= 11 is 0. The summed E-state index contributed by atoms with van der Waals surface area (Å²) in [5.74, 6) is -0.0312. The van der Waals surface area contributed by atoms with Gasteiger partial charge in [0, 0.05) is 44.2 Å². The van der Waals surface area contributed by atoms with Crippen molar-refractivity contribution in [1.82, 2.24) is 9.80 Å². The van der Waals surface area contributed by atoms with Crippen LogP contribution < -0.4 is 0 Å². The summed E-state index contributed by atoms with van der Waals surface area (Å²) in [5.41, 5.74) is 1.79. The largest absolute Gasteiger partial charge is 0.374 e. The highest BCUT2D eigenvalue weighted by atomic mass is 16.5. The van der Waals surface area contributed by atoms with Gasteiger partial charge >= 0.3 is 0 Å². The van der Waals surface area contributed by atoms with Crippen LogP contribution in [0.15, 0.2) is 65.8 Å². The quantitative estimate of drug-likeness (QED) is 0.158. The van der Waals surface area contributed by atoms with Crippen LogP contribution >= 0.6 is 0 Å². The van der Waals surface area contributed by atoms with E-state index in [0.29, 0.717) is 6.54 Å². The monoisotopic (exact) mass is 469 g/mol. The lowest BCUT2D eigenvalue weighted by molar-refractivity contribution is -0.120. The van der Waals surface area contributed by atoms with Gasteiger partial charge in [0.05, 0.1) is 25.1 Å². The number of carbonyl (C=O) groups excluding carboxylic acids is 1. The number of nitrogens with zero attached hydrogens (tertiary/aromatic N) is 3. The number of allylic oxidation sites excluding steroid dienone is 6. The maximum absolute atomic E-state index is 13.5. The number of ether oxygens (including phenoxy) is 1. The lowest BCUT2D eigenvalue weighted by atomic mass is 9.87. The van der Waals surface area contributed by atoms with Crippen LogP contribution in [-0.4, -0.2) is 73.4 Å². The number of aliphatic imine (C=N–C) groups is 1. The predicted octanol–water partition coefficient (Wildman–Crippen LogP) is 5.62. The van der Waals surface area contributed by atoms with Gasteiger partial charge in [0.15, 0.2) is 5.78 Å². The van der Waals surface area contributed by atoms with E-state index in [9.17, 15) is 4.79 Å². The summed E-state index contributed by atoms with van der Waals surface area (Å²) in [6, 6.07) is -0.0549. The molecular formula is C29H47N3O2. The molecule has 0 fully saturated rings. The van der Waals surface area contributed by atoms with Crippen molar-refractivity contribution in [2.75, 3.05) is 33.2 Å². The van der Waals surface area contributed by atoms with Gasteiger partial charge in [-0.1, -0.05) is 62.5 Å². The Morgan fingerprint density at radius 2 is 1.97 bits per heavy atom. The Kier molecular flexibility index (Phi) is 14.4. The van der Waals surface area contributed by atoms with Crippen LogP contribution in [0.2, 0.25) is 0 Å². The zero-order valence-electron chi connectivity index (χ0n) is 22.4. The minimum atomic E-state index is -0.200. The van der Waals surface area contributed by atoms with Crippen LogP contribution in [0.1, 0.15) is 53.9 Å². The molecule has 0 bridgehead atoms. The molecule has 190 valence electrons. The fraction of sp³-hybridized carbons (Fsp3) is 0.586. The number of carbonyl (C=O) groups is 1. The Bertz CT molecular complexity index is 765. The molecule has 4 atom stereocenters. The van der Waals surface area contributed by atoms with Gasteiger partial charge in [-0.25, -0.2) is 0 Å². The smallest absolute Gasteiger partial charge is 0.167 e. The Morgan fingerprint density at radius 1 is 1.24 bits per heavy atom. The highest BCUT2D eigenvalue weighted by molar-refractivity contribution is 6.00. The van der Waals surface area contributed by atoms with E-state index < -0.39 is 0 Å². The lowest BCUT2D eigenvalue weighted by Gasteiger charge is -2.38. The van der Waals surface area contributed by atoms with Crippen LogP contribution in [0.25, 0.3) is 0 Å². The van der Waals surface area contributed by atoms with Crippen molar-refractivity contribution < 1.29 is 9.53 Å². The third-order valence-electron chi connectivity index (χ3n) is 6.07. The van der Waals surface area contributed by atoms with Crippen LogP contribution in [0.3, 0.4) is 0 Å². The molecule has 0 amide bonds. The number of hydrogen-bond donors (Lipinski definition) is 0. The van der Waals surface area contributed by atoms with Gasteiger partial charge < -0.3 is 9.64 Å². The van der Waals surface area contributed by atoms with E-state index in [1.165, 1.54) is 0 Å². The molecule has 0 aromatic carbocycles. The van der Waals surface area contributed by atoms with Crippen LogP contribution in [0.4, 0.5) is 0 Å². The predicted molar refractivity (Wildman–Crippen MR) is 146 cm³/mol. The van der Waals surface area contributed by atoms with E-state index in [0.717, 1.165) is 50.0 Å². The maximum atomic E-state index is 13.5. The van der Waals surface area contributed by atoms with E-state index in [1.54, 1.807) is 6.08 Å². The molecule has 0 saturated heterocycles. The summed E-state index contributed by atoms with van der Waals surface area (Å²) in [6.45, 7) is 21.5. The molecule has 0 heterocycles. The third kappa shape index (κ3) is 10.8. The topological polar surface area (TPSA) is 45.1 Å². The van der Waals surface area contributed by atoms with Crippen LogP contribution in [-0.2, 0) is 9.53 Å². The minimum Gasteiger partial charge on any atom is -0.374 e. The van der Waals surface area contributed by atoms with E-state index in [4.69, 9.17) is 4.74 Å². The molecule has 4 unspecified atom stereocenters. The first-order chi connectivity index (χ1) is 16.2. The third-order valence-corrected chi connectivity index (χ3v) is 6.07. The molecule has 0 spiro atoms. The zero-order chi connectivity index (χ0) is 25.5. The second kappa shape index (κ2) is 16.4. The summed E-state index contributed by atoms with van der Waals surface area (Å²) in [4.78, 5) is 22.3. The van der Waals surface area contributed by atoms with Gasteiger partial charge in [-0.2, -0.15) is 0 Å². The van der Waals surface area contributed by atoms with Crippen molar-refractivity contribution in [2.45, 2.75) is 72.1 Å². The molecule has 0 aromatic heterocycles. The van der Waals surface area contributed by atoms with Gasteiger partial charge in [-0.15, -0.1) is 6.58 Å². The molecule has 0 aromatic rings. The standard InChI is InChI=1S/C29H47N3O2/c1-9-18-30-22-31(8)19-15-20-32(21-25(6)34-24(5)10-2)28(23(3)4)26(7)29(33)27-16-13-11-12-14-17-27/h9,11-13,16-17,22,24-26,28H,1,3,10,14-15,18-21H2,2,4-8H3. The lowest BCUT2D eigenvalue weighted by Crippen LogP contribution is -2.48. The maximum Gasteiger partial charge on any atom is 0.167 e. The highest BCUT2D eigenvalue weighted by Gasteiger charge is 2.32. The Balaban J connectivity index is 3.02. The van der Waals surface area contributed by atoms with E-state index in [1.807, 2.05) is 51.5 Å². The molecule has 1 aliphatic carbocycles. The molecule has 34 heavy (non-hydrogen) atoms. The van der Waals surface area contributed by atoms with Crippen molar-refractivity contribution >= 4 is 12.1 Å². The first-order valence-corrected chi connectivity index (χ1v) is 12.6. The van der Waals surface area contributed by atoms with Gasteiger partial charge in [0.25, 0.3) is 0 Å². The van der Waals surface area contributed by atoms with E-state index in [2.05, 4.69) is 54.8 Å². The van der Waals surface area contributed by atoms with Gasteiger partial charge in [-0.3, -0.25) is 14.7 Å². The van der Waals surface area contributed by atoms with Crippen molar-refractivity contribution in [2.24, 2.45) is 10.9 Å². The van der Waals surface area contributed by atoms with Crippen LogP contribution in [0, 0.1) is 5.92 Å². The van der Waals surface area contributed by atoms with Crippen molar-refractivity contribution in [3.05, 3.63) is 60.8 Å². The number of rotatable bonds is 17. The summed E-state index contributed by atoms with van der Waals surface area (Å²) in [6.07, 6.45) is 16.6. The second-order valence-electron chi connectivity index (χ2n) is 9.39. The summed E-state index contributed by atoms with van der Waals surface area (Å²) in [7, 11) is 2.03. The average Bonchev–Trinajstić information content (AvgIpc) is 3.07. The molecule has 0 radical (unpaired) electrons. The molecule has 1 aliphatic rings. The Hall–Kier alpha value is -2.24. The van der Waals surface area contributed by atoms with Gasteiger partial charge in [0.1, 0.15) is 0 Å². The molecule has 5 nitrogen and oxygen atoms in total. The van der Waals surface area contributed by atoms with Crippen molar-refractivity contribution in [3.8, 4) is 0 Å². The van der Waals surface area contributed by atoms with Gasteiger partial charge in [0.2, 0.25) is 0 Å². The van der Waals surface area contributed by atoms with Gasteiger partial charge in [-0.05, 0) is 40.0 Å². The second-order valence-corrected chi connectivity index (χ2v) is 9.39. The van der Waals surface area contributed by atoms with Crippen LogP contribution in [0.5, 0.6) is 0 Å². The van der Waals surface area contributed by atoms with Crippen molar-refractivity contribution in [1.29, 1.82) is 0 Å². The summed E-state index contributed by atoms with van der Waals surface area (Å²) < 4.78 is 6.20. The minimum absolute atomic E-state index is 0.0549. The molecule has 5 heteroatoms. The first-order valence-electron chi connectivity index (χ1n) is 12.6. The Morgan fingerprint density at radius 3 is 2.62 bits per heavy atom. The zero-order valence-corrected chi connectivity index (χ0v) is 22.4. The van der Waals surface area contributed by atoms with Crippen molar-refractivity contribution in [3.63, 3.8) is 0 Å². The SMILES string of the molecule is C=CCN=CN(C)CCCN(CC(C)OC(C)CC)C(C(=C)C)C(C)C(=O)C1=CCC=CC=C1. The van der Waals surface area contributed by atoms with E-state index in [-0.39, 0.29) is 30.0 Å². The average molecular weight is 470 g/mol. The summed E-state index contributed by atoms with van der Waals surface area (Å²) in [5, 5.41) is 0. The Labute approximate surface area is 208 Å². The molecular weight excluding hydrogens is 422 g/mol. The van der Waals surface area contributed by atoms with E-state index >= 15 is 0 Å². The molecule has 0 N–H and O–H groups in total. The number of Topliss-reactive ketones (excluding diaryl/α,β-unsaturated/α-hetero) is 1. The highest BCUT2D eigenvalue weighted by Crippen LogP contribution is 2.24. The molecule has 0 saturated carbocycles. The molecule has 1 rings (SSSR count). The fourth-order valence-electron chi connectivity index (χ4n) is 4.28. The fourth-order valence-corrected chi connectivity index (χ4v) is 4.28. The number of hydrogen-bond acceptors (Lipinski definition) is 4. The normalized spacial score (nSPS) is 17.2.